The largest absolute Gasteiger partial charge is 0.467 e. The fourth-order valence-electron chi connectivity index (χ4n) is 4.62. The predicted octanol–water partition coefficient (Wildman–Crippen LogP) is 4.79. The van der Waals surface area contributed by atoms with Gasteiger partial charge in [0.2, 0.25) is 5.91 Å². The molecule has 2 aliphatic rings. The maximum atomic E-state index is 13.1. The van der Waals surface area contributed by atoms with Crippen molar-refractivity contribution in [1.29, 1.82) is 0 Å². The van der Waals surface area contributed by atoms with Gasteiger partial charge in [0.1, 0.15) is 10.3 Å². The van der Waals surface area contributed by atoms with Crippen LogP contribution in [0.15, 0.2) is 34.5 Å². The molecule has 1 aromatic carbocycles. The highest BCUT2D eigenvalue weighted by molar-refractivity contribution is 7.91. The number of halogens is 1. The lowest BCUT2D eigenvalue weighted by molar-refractivity contribution is -0.138. The molecule has 0 atom stereocenters. The maximum Gasteiger partial charge on any atom is 0.274 e. The van der Waals surface area contributed by atoms with Gasteiger partial charge < -0.3 is 9.64 Å². The molecule has 4 heterocycles. The van der Waals surface area contributed by atoms with E-state index in [4.69, 9.17) is 16.3 Å². The number of aryl methyl sites for hydroxylation is 1. The molecule has 5 rings (SSSR count). The van der Waals surface area contributed by atoms with E-state index in [0.717, 1.165) is 40.0 Å². The van der Waals surface area contributed by atoms with E-state index in [-0.39, 0.29) is 22.1 Å². The Balaban J connectivity index is 1.12. The van der Waals surface area contributed by atoms with Crippen molar-refractivity contribution in [3.05, 3.63) is 40.2 Å². The summed E-state index contributed by atoms with van der Waals surface area (Å²) >= 11 is 8.54. The Bertz CT molecular complexity index is 1290. The van der Waals surface area contributed by atoms with Gasteiger partial charge in [-0.1, -0.05) is 35.1 Å². The van der Waals surface area contributed by atoms with Crippen molar-refractivity contribution >= 4 is 60.4 Å². The molecule has 0 bridgehead atoms. The van der Waals surface area contributed by atoms with Crippen LogP contribution < -0.4 is 4.74 Å². The first-order valence-electron chi connectivity index (χ1n) is 11.4. The average Bonchev–Trinajstić information content (AvgIpc) is 3.46. The molecule has 2 fully saturated rings. The zero-order valence-corrected chi connectivity index (χ0v) is 22.0. The molecule has 0 spiro atoms. The zero-order valence-electron chi connectivity index (χ0n) is 18.8. The molecular formula is C23H26ClN3O4S3. The van der Waals surface area contributed by atoms with Gasteiger partial charge in [-0.25, -0.2) is 13.4 Å². The lowest BCUT2D eigenvalue weighted by Gasteiger charge is -2.36. The lowest BCUT2D eigenvalue weighted by Crippen LogP contribution is -2.47. The van der Waals surface area contributed by atoms with E-state index in [1.165, 1.54) is 4.31 Å². The number of ether oxygens (including phenoxy) is 1. The van der Waals surface area contributed by atoms with Gasteiger partial charge in [-0.3, -0.25) is 4.79 Å². The molecule has 0 unspecified atom stereocenters. The number of sulfonamides is 1. The summed E-state index contributed by atoms with van der Waals surface area (Å²) in [5, 5.41) is 0.690. The Kier molecular flexibility index (Phi) is 6.87. The number of hydrogen-bond acceptors (Lipinski definition) is 7. The predicted molar refractivity (Wildman–Crippen MR) is 135 cm³/mol. The molecule has 0 radical (unpaired) electrons. The van der Waals surface area contributed by atoms with Gasteiger partial charge in [-0.15, -0.1) is 11.3 Å². The summed E-state index contributed by atoms with van der Waals surface area (Å²) < 4.78 is 35.1. The number of benzene rings is 1. The Hall–Kier alpha value is -1.72. The third-order valence-electron chi connectivity index (χ3n) is 6.57. The number of piperidine rings is 2. The summed E-state index contributed by atoms with van der Waals surface area (Å²) in [6, 6.07) is 9.27. The topological polar surface area (TPSA) is 79.8 Å². The molecule has 182 valence electrons. The minimum absolute atomic E-state index is 0.0505. The first-order chi connectivity index (χ1) is 16.3. The SMILES string of the molecule is Cc1cccc2sc(OC3CCN(C(=O)C4CCN(S(=O)(=O)c5ccc(Cl)s5)CC4)CC3)nc12. The van der Waals surface area contributed by atoms with Gasteiger partial charge in [0.25, 0.3) is 15.2 Å². The van der Waals surface area contributed by atoms with E-state index in [1.54, 1.807) is 23.5 Å². The van der Waals surface area contributed by atoms with Crippen molar-refractivity contribution in [2.75, 3.05) is 26.2 Å². The van der Waals surface area contributed by atoms with Crippen LogP contribution in [0.1, 0.15) is 31.2 Å². The first-order valence-corrected chi connectivity index (χ1v) is 14.8. The lowest BCUT2D eigenvalue weighted by atomic mass is 9.95. The number of amides is 1. The smallest absolute Gasteiger partial charge is 0.274 e. The number of nitrogens with zero attached hydrogens (tertiary/aromatic N) is 3. The number of para-hydroxylation sites is 1. The van der Waals surface area contributed by atoms with E-state index in [9.17, 15) is 13.2 Å². The highest BCUT2D eigenvalue weighted by atomic mass is 35.5. The third-order valence-corrected chi connectivity index (χ3v) is 11.1. The summed E-state index contributed by atoms with van der Waals surface area (Å²) in [6.07, 6.45) is 2.67. The Morgan fingerprint density at radius 1 is 1.06 bits per heavy atom. The molecule has 3 aromatic rings. The van der Waals surface area contributed by atoms with E-state index in [1.807, 2.05) is 24.0 Å². The van der Waals surface area contributed by atoms with Crippen LogP contribution in [-0.4, -0.2) is 60.8 Å². The summed E-state index contributed by atoms with van der Waals surface area (Å²) in [4.78, 5) is 19.6. The van der Waals surface area contributed by atoms with Crippen LogP contribution in [0.2, 0.25) is 4.34 Å². The minimum Gasteiger partial charge on any atom is -0.467 e. The molecule has 11 heteroatoms. The van der Waals surface area contributed by atoms with Crippen molar-refractivity contribution in [3.63, 3.8) is 0 Å². The van der Waals surface area contributed by atoms with Crippen LogP contribution in [0.4, 0.5) is 0 Å². The monoisotopic (exact) mass is 539 g/mol. The van der Waals surface area contributed by atoms with Crippen LogP contribution in [0.25, 0.3) is 10.2 Å². The van der Waals surface area contributed by atoms with Gasteiger partial charge in [-0.2, -0.15) is 4.31 Å². The number of fused-ring (bicyclic) bond motifs is 1. The number of carbonyl (C=O) groups excluding carboxylic acids is 1. The number of thiazole rings is 1. The van der Waals surface area contributed by atoms with Crippen molar-refractivity contribution in [2.45, 2.75) is 42.9 Å². The number of hydrogen-bond donors (Lipinski definition) is 0. The number of aromatic nitrogens is 1. The molecule has 2 aliphatic heterocycles. The second-order valence-corrected chi connectivity index (χ2v) is 13.7. The number of carbonyl (C=O) groups is 1. The number of thiophene rings is 1. The molecule has 2 saturated heterocycles. The van der Waals surface area contributed by atoms with E-state index < -0.39 is 10.0 Å². The van der Waals surface area contributed by atoms with Crippen LogP contribution in [-0.2, 0) is 14.8 Å². The molecule has 0 saturated carbocycles. The van der Waals surface area contributed by atoms with Crippen LogP contribution in [0.5, 0.6) is 5.19 Å². The number of rotatable bonds is 5. The standard InChI is InChI=1S/C23H26ClN3O4S3/c1-15-3-2-4-18-21(15)25-23(32-18)31-17-9-11-26(12-10-17)22(28)16-7-13-27(14-8-16)34(29,30)20-6-5-19(24)33-20/h2-6,16-17H,7-14H2,1H3. The highest BCUT2D eigenvalue weighted by Gasteiger charge is 2.35. The van der Waals surface area contributed by atoms with Crippen molar-refractivity contribution in [2.24, 2.45) is 5.92 Å². The van der Waals surface area contributed by atoms with Gasteiger partial charge in [0.15, 0.2) is 0 Å². The molecule has 1 amide bonds. The van der Waals surface area contributed by atoms with E-state index in [0.29, 0.717) is 48.6 Å². The van der Waals surface area contributed by atoms with Crippen molar-refractivity contribution in [3.8, 4) is 5.19 Å². The molecule has 0 N–H and O–H groups in total. The molecule has 0 aliphatic carbocycles. The Morgan fingerprint density at radius 2 is 1.79 bits per heavy atom. The second-order valence-electron chi connectivity index (χ2n) is 8.78. The summed E-state index contributed by atoms with van der Waals surface area (Å²) in [7, 11) is -3.54. The molecule has 7 nitrogen and oxygen atoms in total. The third kappa shape index (κ3) is 4.83. The summed E-state index contributed by atoms with van der Waals surface area (Å²) in [6.45, 7) is 4.06. The zero-order chi connectivity index (χ0) is 23.9. The van der Waals surface area contributed by atoms with Crippen LogP contribution >= 0.6 is 34.3 Å². The van der Waals surface area contributed by atoms with Gasteiger partial charge >= 0.3 is 0 Å². The summed E-state index contributed by atoms with van der Waals surface area (Å²) in [5.74, 6) is -0.00615. The highest BCUT2D eigenvalue weighted by Crippen LogP contribution is 2.33. The fourth-order valence-corrected chi connectivity index (χ4v) is 8.68. The van der Waals surface area contributed by atoms with Crippen molar-refractivity contribution < 1.29 is 17.9 Å². The van der Waals surface area contributed by atoms with Gasteiger partial charge in [0.05, 0.1) is 14.6 Å². The Labute approximate surface area is 212 Å². The fraction of sp³-hybridized carbons (Fsp3) is 0.478. The number of likely N-dealkylation sites (tertiary alicyclic amines) is 1. The van der Waals surface area contributed by atoms with E-state index >= 15 is 0 Å². The van der Waals surface area contributed by atoms with E-state index in [2.05, 4.69) is 11.1 Å². The first kappa shape index (κ1) is 24.0. The maximum absolute atomic E-state index is 13.1. The van der Waals surface area contributed by atoms with Gasteiger partial charge in [-0.05, 0) is 43.5 Å². The molecular weight excluding hydrogens is 514 g/mol. The normalized spacial score (nSPS) is 19.1. The molecule has 2 aromatic heterocycles. The second kappa shape index (κ2) is 9.73. The Morgan fingerprint density at radius 3 is 2.44 bits per heavy atom. The van der Waals surface area contributed by atoms with Crippen molar-refractivity contribution in [1.82, 2.24) is 14.2 Å². The molecule has 34 heavy (non-hydrogen) atoms. The quantitative estimate of drug-likeness (QED) is 0.465. The minimum atomic E-state index is -3.54. The summed E-state index contributed by atoms with van der Waals surface area (Å²) in [5.41, 5.74) is 2.13. The van der Waals surface area contributed by atoms with Crippen LogP contribution in [0, 0.1) is 12.8 Å². The van der Waals surface area contributed by atoms with Crippen LogP contribution in [0.3, 0.4) is 0 Å². The van der Waals surface area contributed by atoms with Gasteiger partial charge in [0, 0.05) is 44.9 Å². The average molecular weight is 540 g/mol.